The average molecular weight is 505 g/mol. The van der Waals surface area contributed by atoms with Gasteiger partial charge in [-0.05, 0) is 55.8 Å². The molecule has 0 unspecified atom stereocenters. The molecular weight excluding hydrogens is 476 g/mol. The average Bonchev–Trinajstić information content (AvgIpc) is 3.38. The van der Waals surface area contributed by atoms with Crippen LogP contribution in [-0.2, 0) is 11.2 Å². The minimum atomic E-state index is -0.760. The molecule has 1 heterocycles. The van der Waals surface area contributed by atoms with E-state index in [0.717, 1.165) is 21.2 Å². The van der Waals surface area contributed by atoms with Crippen molar-refractivity contribution in [1.29, 1.82) is 0 Å². The first-order valence-corrected chi connectivity index (χ1v) is 13.0. The SMILES string of the molecule is CC(C)(C)NSc1cccc2c(NC(=O)[C@H](Cc3ccccc3)NC(=O)c3nccs3)cccc12. The minimum absolute atomic E-state index is 0.0427. The van der Waals surface area contributed by atoms with Gasteiger partial charge < -0.3 is 10.6 Å². The monoisotopic (exact) mass is 504 g/mol. The Labute approximate surface area is 213 Å². The van der Waals surface area contributed by atoms with E-state index in [9.17, 15) is 9.59 Å². The third-order valence-corrected chi connectivity index (χ3v) is 7.20. The number of rotatable bonds is 8. The van der Waals surface area contributed by atoms with Gasteiger partial charge in [-0.2, -0.15) is 0 Å². The van der Waals surface area contributed by atoms with Gasteiger partial charge in [0.15, 0.2) is 5.01 Å². The van der Waals surface area contributed by atoms with Gasteiger partial charge in [0.05, 0.1) is 0 Å². The number of hydrogen-bond acceptors (Lipinski definition) is 6. The van der Waals surface area contributed by atoms with Crippen molar-refractivity contribution in [2.75, 3.05) is 5.32 Å². The molecule has 1 atom stereocenters. The lowest BCUT2D eigenvalue weighted by atomic mass is 10.0. The van der Waals surface area contributed by atoms with Crippen LogP contribution in [0.3, 0.4) is 0 Å². The lowest BCUT2D eigenvalue weighted by Gasteiger charge is -2.21. The Balaban J connectivity index is 1.59. The molecular formula is C27H28N4O2S2. The van der Waals surface area contributed by atoms with E-state index in [4.69, 9.17) is 0 Å². The second kappa shape index (κ2) is 11.0. The Kier molecular flexibility index (Phi) is 7.85. The molecule has 1 aromatic heterocycles. The summed E-state index contributed by atoms with van der Waals surface area (Å²) in [5, 5.41) is 9.96. The number of anilines is 1. The zero-order chi connectivity index (χ0) is 24.8. The van der Waals surface area contributed by atoms with Crippen molar-refractivity contribution in [1.82, 2.24) is 15.0 Å². The van der Waals surface area contributed by atoms with Crippen LogP contribution in [0.1, 0.15) is 36.1 Å². The Morgan fingerprint density at radius 3 is 2.43 bits per heavy atom. The van der Waals surface area contributed by atoms with Gasteiger partial charge in [0.25, 0.3) is 5.91 Å². The van der Waals surface area contributed by atoms with Crippen LogP contribution < -0.4 is 15.4 Å². The first-order chi connectivity index (χ1) is 16.8. The fraction of sp³-hybridized carbons (Fsp3) is 0.222. The van der Waals surface area contributed by atoms with Crippen LogP contribution in [0.5, 0.6) is 0 Å². The van der Waals surface area contributed by atoms with Crippen molar-refractivity contribution in [2.45, 2.75) is 43.7 Å². The summed E-state index contributed by atoms with van der Waals surface area (Å²) in [5.74, 6) is -0.641. The van der Waals surface area contributed by atoms with Gasteiger partial charge in [-0.1, -0.05) is 54.6 Å². The molecule has 3 aromatic carbocycles. The molecule has 0 bridgehead atoms. The fourth-order valence-corrected chi connectivity index (χ4v) is 4.91. The molecule has 8 heteroatoms. The first kappa shape index (κ1) is 24.9. The highest BCUT2D eigenvalue weighted by Gasteiger charge is 2.24. The zero-order valence-electron chi connectivity index (χ0n) is 19.9. The van der Waals surface area contributed by atoms with Gasteiger partial charge >= 0.3 is 0 Å². The van der Waals surface area contributed by atoms with Gasteiger partial charge in [-0.25, -0.2) is 4.98 Å². The van der Waals surface area contributed by atoms with Crippen LogP contribution in [0.4, 0.5) is 5.69 Å². The van der Waals surface area contributed by atoms with Crippen LogP contribution in [0, 0.1) is 0 Å². The van der Waals surface area contributed by atoms with Crippen molar-refractivity contribution in [2.24, 2.45) is 0 Å². The Bertz CT molecular complexity index is 1300. The van der Waals surface area contributed by atoms with Crippen molar-refractivity contribution in [3.63, 3.8) is 0 Å². The summed E-state index contributed by atoms with van der Waals surface area (Å²) in [6.45, 7) is 6.34. The first-order valence-electron chi connectivity index (χ1n) is 11.3. The van der Waals surface area contributed by atoms with Crippen LogP contribution in [0.15, 0.2) is 83.2 Å². The number of hydrogen-bond donors (Lipinski definition) is 3. The number of thiazole rings is 1. The van der Waals surface area contributed by atoms with E-state index in [1.807, 2.05) is 60.7 Å². The number of fused-ring (bicyclic) bond motifs is 1. The Morgan fingerprint density at radius 2 is 1.71 bits per heavy atom. The highest BCUT2D eigenvalue weighted by molar-refractivity contribution is 7.97. The predicted octanol–water partition coefficient (Wildman–Crippen LogP) is 5.67. The predicted molar refractivity (Wildman–Crippen MR) is 145 cm³/mol. The van der Waals surface area contributed by atoms with Crippen molar-refractivity contribution >= 4 is 51.6 Å². The molecule has 0 aliphatic heterocycles. The molecule has 0 aliphatic rings. The molecule has 0 fully saturated rings. The molecule has 35 heavy (non-hydrogen) atoms. The topological polar surface area (TPSA) is 83.1 Å². The van der Waals surface area contributed by atoms with E-state index in [1.165, 1.54) is 11.3 Å². The standard InChI is InChI=1S/C27H28N4O2S2/c1-27(2,3)31-35-23-14-8-11-19-20(23)12-7-13-21(19)29-24(32)22(17-18-9-5-4-6-10-18)30-25(33)26-28-15-16-34-26/h4-16,22,31H,17H2,1-3H3,(H,29,32)(H,30,33)/t22-/m0/s1. The molecule has 0 aliphatic carbocycles. The molecule has 0 saturated carbocycles. The molecule has 2 amide bonds. The molecule has 0 radical (unpaired) electrons. The van der Waals surface area contributed by atoms with E-state index in [2.05, 4.69) is 47.2 Å². The third-order valence-electron chi connectivity index (χ3n) is 5.14. The highest BCUT2D eigenvalue weighted by Crippen LogP contribution is 2.32. The quantitative estimate of drug-likeness (QED) is 0.269. The molecule has 3 N–H and O–H groups in total. The number of nitrogens with one attached hydrogen (secondary N) is 3. The van der Waals surface area contributed by atoms with E-state index in [1.54, 1.807) is 23.5 Å². The highest BCUT2D eigenvalue weighted by atomic mass is 32.2. The van der Waals surface area contributed by atoms with Crippen molar-refractivity contribution in [3.8, 4) is 0 Å². The lowest BCUT2D eigenvalue weighted by molar-refractivity contribution is -0.118. The number of carbonyl (C=O) groups excluding carboxylic acids is 2. The normalized spacial score (nSPS) is 12.3. The third kappa shape index (κ3) is 6.69. The van der Waals surface area contributed by atoms with Gasteiger partial charge in [-0.15, -0.1) is 11.3 Å². The number of nitrogens with zero attached hydrogens (tertiary/aromatic N) is 1. The second-order valence-electron chi connectivity index (χ2n) is 9.15. The Morgan fingerprint density at radius 1 is 0.971 bits per heavy atom. The number of amides is 2. The summed E-state index contributed by atoms with van der Waals surface area (Å²) in [4.78, 5) is 31.3. The summed E-state index contributed by atoms with van der Waals surface area (Å²) in [5.41, 5.74) is 1.61. The fourth-order valence-electron chi connectivity index (χ4n) is 3.52. The second-order valence-corrected chi connectivity index (χ2v) is 10.9. The summed E-state index contributed by atoms with van der Waals surface area (Å²) in [7, 11) is 0. The smallest absolute Gasteiger partial charge is 0.280 e. The van der Waals surface area contributed by atoms with Crippen LogP contribution in [0.2, 0.25) is 0 Å². The largest absolute Gasteiger partial charge is 0.338 e. The van der Waals surface area contributed by atoms with Crippen LogP contribution in [-0.4, -0.2) is 28.4 Å². The minimum Gasteiger partial charge on any atom is -0.338 e. The van der Waals surface area contributed by atoms with Crippen molar-refractivity contribution in [3.05, 3.63) is 88.9 Å². The van der Waals surface area contributed by atoms with Gasteiger partial charge in [0, 0.05) is 39.5 Å². The molecule has 180 valence electrons. The molecule has 6 nitrogen and oxygen atoms in total. The molecule has 4 rings (SSSR count). The van der Waals surface area contributed by atoms with Gasteiger partial charge in [0.2, 0.25) is 5.91 Å². The molecule has 0 saturated heterocycles. The molecule has 0 spiro atoms. The van der Waals surface area contributed by atoms with E-state index < -0.39 is 6.04 Å². The summed E-state index contributed by atoms with van der Waals surface area (Å²) < 4.78 is 3.45. The number of aromatic nitrogens is 1. The zero-order valence-corrected chi connectivity index (χ0v) is 21.5. The summed E-state index contributed by atoms with van der Waals surface area (Å²) in [6.07, 6.45) is 1.94. The van der Waals surface area contributed by atoms with Crippen LogP contribution >= 0.6 is 23.3 Å². The van der Waals surface area contributed by atoms with E-state index in [-0.39, 0.29) is 17.4 Å². The molecule has 4 aromatic rings. The maximum atomic E-state index is 13.4. The maximum Gasteiger partial charge on any atom is 0.280 e. The van der Waals surface area contributed by atoms with Crippen molar-refractivity contribution < 1.29 is 9.59 Å². The summed E-state index contributed by atoms with van der Waals surface area (Å²) in [6, 6.07) is 20.8. The Hall–Kier alpha value is -3.20. The van der Waals surface area contributed by atoms with Crippen LogP contribution in [0.25, 0.3) is 10.8 Å². The van der Waals surface area contributed by atoms with E-state index >= 15 is 0 Å². The summed E-state index contributed by atoms with van der Waals surface area (Å²) >= 11 is 2.82. The lowest BCUT2D eigenvalue weighted by Crippen LogP contribution is -2.45. The maximum absolute atomic E-state index is 13.4. The van der Waals surface area contributed by atoms with E-state index in [0.29, 0.717) is 17.1 Å². The van der Waals surface area contributed by atoms with Gasteiger partial charge in [-0.3, -0.25) is 14.3 Å². The number of benzene rings is 3. The van der Waals surface area contributed by atoms with Gasteiger partial charge in [0.1, 0.15) is 6.04 Å². The number of carbonyl (C=O) groups is 2.